The van der Waals surface area contributed by atoms with Crippen molar-refractivity contribution >= 4 is 35.0 Å². The van der Waals surface area contributed by atoms with Crippen LogP contribution < -0.4 is 0 Å². The molecule has 0 amide bonds. The van der Waals surface area contributed by atoms with E-state index in [0.717, 1.165) is 46.3 Å². The monoisotopic (exact) mass is 672 g/mol. The van der Waals surface area contributed by atoms with Crippen molar-refractivity contribution in [1.29, 1.82) is 0 Å². The summed E-state index contributed by atoms with van der Waals surface area (Å²) in [5, 5.41) is 0. The first-order valence-corrected chi connectivity index (χ1v) is 16.5. The molecule has 3 aromatic rings. The highest BCUT2D eigenvalue weighted by Crippen LogP contribution is 2.28. The summed E-state index contributed by atoms with van der Waals surface area (Å²) < 4.78 is 20.9. The van der Waals surface area contributed by atoms with Crippen LogP contribution in [0.25, 0.3) is 11.1 Å². The lowest BCUT2D eigenvalue weighted by Gasteiger charge is -2.13. The zero-order valence-corrected chi connectivity index (χ0v) is 28.2. The van der Waals surface area contributed by atoms with E-state index < -0.39 is 23.9 Å². The Labute approximate surface area is 292 Å². The van der Waals surface area contributed by atoms with Crippen LogP contribution in [0, 0.1) is 0 Å². The van der Waals surface area contributed by atoms with Crippen LogP contribution in [0.3, 0.4) is 0 Å². The van der Waals surface area contributed by atoms with Gasteiger partial charge in [0.05, 0.1) is 13.2 Å². The maximum atomic E-state index is 13.1. The second kappa shape index (κ2) is 19.7. The molecule has 0 radical (unpaired) electrons. The zero-order chi connectivity index (χ0) is 35.6. The summed E-state index contributed by atoms with van der Waals surface area (Å²) >= 11 is 0. The van der Waals surface area contributed by atoms with Crippen molar-refractivity contribution in [3.05, 3.63) is 167 Å². The first kappa shape index (κ1) is 36.8. The summed E-state index contributed by atoms with van der Waals surface area (Å²) in [6, 6.07) is 28.7. The highest BCUT2D eigenvalue weighted by atomic mass is 16.6. The quantitative estimate of drug-likeness (QED) is 0.0310. The average Bonchev–Trinajstić information content (AvgIpc) is 3.15. The van der Waals surface area contributed by atoms with Crippen molar-refractivity contribution in [2.45, 2.75) is 26.7 Å². The van der Waals surface area contributed by atoms with Crippen molar-refractivity contribution in [1.82, 2.24) is 0 Å². The molecule has 8 nitrogen and oxygen atoms in total. The smallest absolute Gasteiger partial charge is 0.345 e. The number of carbonyl (C=O) groups excluding carboxylic acids is 4. The maximum absolute atomic E-state index is 13.1. The fourth-order valence-corrected chi connectivity index (χ4v) is 5.00. The molecule has 0 atom stereocenters. The van der Waals surface area contributed by atoms with E-state index in [1.54, 1.807) is 26.0 Å². The van der Waals surface area contributed by atoms with Gasteiger partial charge >= 0.3 is 23.9 Å². The first-order valence-electron chi connectivity index (χ1n) is 16.5. The molecule has 0 aliphatic heterocycles. The molecule has 50 heavy (non-hydrogen) atoms. The number of ether oxygens (including phenoxy) is 4. The molecule has 0 aromatic heterocycles. The van der Waals surface area contributed by atoms with Crippen molar-refractivity contribution < 1.29 is 38.1 Å². The summed E-state index contributed by atoms with van der Waals surface area (Å²) in [6.45, 7) is 2.61. The van der Waals surface area contributed by atoms with Crippen LogP contribution in [0.4, 0.5) is 0 Å². The Morgan fingerprint density at radius 3 is 1.32 bits per heavy atom. The van der Waals surface area contributed by atoms with Crippen molar-refractivity contribution in [2.24, 2.45) is 0 Å². The SMILES string of the molecule is CCOC(=O)/C(=C/C=C(c1ccccc1)c1ccccc1)C(=O)OCCOC(=O)/C(=C\C=C(/C1=CCCC=C1)c1ccccc1)C(=O)OCC. The summed E-state index contributed by atoms with van der Waals surface area (Å²) in [6.07, 6.45) is 14.1. The molecule has 1 aliphatic rings. The minimum absolute atomic E-state index is 0.0476. The van der Waals surface area contributed by atoms with Gasteiger partial charge in [-0.15, -0.1) is 0 Å². The molecule has 0 heterocycles. The number of allylic oxidation sites excluding steroid dienone is 9. The van der Waals surface area contributed by atoms with E-state index >= 15 is 0 Å². The fourth-order valence-electron chi connectivity index (χ4n) is 5.00. The van der Waals surface area contributed by atoms with Gasteiger partial charge in [-0.05, 0) is 72.3 Å². The predicted octanol–water partition coefficient (Wildman–Crippen LogP) is 7.54. The van der Waals surface area contributed by atoms with Gasteiger partial charge in [0.1, 0.15) is 24.4 Å². The molecular formula is C42H40O8. The number of rotatable bonds is 15. The van der Waals surface area contributed by atoms with E-state index in [1.165, 1.54) is 12.2 Å². The van der Waals surface area contributed by atoms with E-state index in [1.807, 2.05) is 97.1 Å². The molecule has 0 saturated heterocycles. The number of benzene rings is 3. The third kappa shape index (κ3) is 10.8. The zero-order valence-electron chi connectivity index (χ0n) is 28.2. The topological polar surface area (TPSA) is 105 Å². The second-order valence-corrected chi connectivity index (χ2v) is 10.8. The molecule has 0 fully saturated rings. The lowest BCUT2D eigenvalue weighted by atomic mass is 9.93. The average molecular weight is 673 g/mol. The minimum Gasteiger partial charge on any atom is -0.462 e. The summed E-state index contributed by atoms with van der Waals surface area (Å²) in [5.41, 5.74) is 4.56. The predicted molar refractivity (Wildman–Crippen MR) is 192 cm³/mol. The fraction of sp³-hybridized carbons (Fsp3) is 0.190. The van der Waals surface area contributed by atoms with Crippen LogP contribution in [0.2, 0.25) is 0 Å². The Balaban J connectivity index is 1.51. The Hall–Kier alpha value is -6.02. The van der Waals surface area contributed by atoms with Gasteiger partial charge in [0, 0.05) is 0 Å². The van der Waals surface area contributed by atoms with Crippen LogP contribution in [0.15, 0.2) is 150 Å². The number of hydrogen-bond acceptors (Lipinski definition) is 8. The molecule has 0 unspecified atom stereocenters. The highest BCUT2D eigenvalue weighted by molar-refractivity contribution is 6.15. The second-order valence-electron chi connectivity index (χ2n) is 10.8. The standard InChI is InChI=1S/C42H40O8/c1-3-47-39(43)37(27-25-35(31-17-9-5-10-18-31)32-19-11-6-12-20-32)41(45)49-29-30-50-42(46)38(40(44)48-4-2)28-26-36(33-21-13-7-14-22-33)34-23-15-8-16-24-34/h5-7,9-15,17-28H,3-4,8,16,29-30H2,1-2H3/b36-26-,37-27-,38-28-. The van der Waals surface area contributed by atoms with E-state index in [9.17, 15) is 19.2 Å². The van der Waals surface area contributed by atoms with Crippen LogP contribution in [0.5, 0.6) is 0 Å². The largest absolute Gasteiger partial charge is 0.462 e. The molecule has 0 bridgehead atoms. The molecule has 0 spiro atoms. The molecular weight excluding hydrogens is 632 g/mol. The van der Waals surface area contributed by atoms with Gasteiger partial charge in [-0.1, -0.05) is 121 Å². The molecule has 0 saturated carbocycles. The van der Waals surface area contributed by atoms with Crippen LogP contribution in [-0.4, -0.2) is 50.3 Å². The number of carbonyl (C=O) groups is 4. The number of esters is 4. The molecule has 3 aromatic carbocycles. The van der Waals surface area contributed by atoms with Crippen LogP contribution in [-0.2, 0) is 38.1 Å². The van der Waals surface area contributed by atoms with Crippen LogP contribution in [0.1, 0.15) is 43.4 Å². The summed E-state index contributed by atoms with van der Waals surface area (Å²) in [5.74, 6) is -3.61. The lowest BCUT2D eigenvalue weighted by molar-refractivity contribution is -0.153. The normalized spacial score (nSPS) is 13.1. The third-order valence-corrected chi connectivity index (χ3v) is 7.37. The van der Waals surface area contributed by atoms with E-state index in [4.69, 9.17) is 18.9 Å². The lowest BCUT2D eigenvalue weighted by Crippen LogP contribution is -2.22. The third-order valence-electron chi connectivity index (χ3n) is 7.37. The van der Waals surface area contributed by atoms with Gasteiger partial charge < -0.3 is 18.9 Å². The Morgan fingerprint density at radius 2 is 0.920 bits per heavy atom. The molecule has 4 rings (SSSR count). The Bertz CT molecular complexity index is 1770. The summed E-state index contributed by atoms with van der Waals surface area (Å²) in [4.78, 5) is 51.8. The first-order chi connectivity index (χ1) is 24.4. The Kier molecular flexibility index (Phi) is 14.5. The molecule has 0 N–H and O–H groups in total. The molecule has 8 heteroatoms. The molecule has 1 aliphatic carbocycles. The highest BCUT2D eigenvalue weighted by Gasteiger charge is 2.23. The Morgan fingerprint density at radius 1 is 0.520 bits per heavy atom. The van der Waals surface area contributed by atoms with Crippen LogP contribution >= 0.6 is 0 Å². The van der Waals surface area contributed by atoms with E-state index in [2.05, 4.69) is 12.2 Å². The van der Waals surface area contributed by atoms with Crippen molar-refractivity contribution in [2.75, 3.05) is 26.4 Å². The van der Waals surface area contributed by atoms with E-state index in [0.29, 0.717) is 0 Å². The number of hydrogen-bond donors (Lipinski definition) is 0. The van der Waals surface area contributed by atoms with Gasteiger partial charge in [-0.25, -0.2) is 19.2 Å². The van der Waals surface area contributed by atoms with Gasteiger partial charge in [-0.3, -0.25) is 0 Å². The van der Waals surface area contributed by atoms with Crippen molar-refractivity contribution in [3.8, 4) is 0 Å². The minimum atomic E-state index is -0.957. The molecule has 256 valence electrons. The van der Waals surface area contributed by atoms with Gasteiger partial charge in [0.15, 0.2) is 0 Å². The summed E-state index contributed by atoms with van der Waals surface area (Å²) in [7, 11) is 0. The maximum Gasteiger partial charge on any atom is 0.345 e. The van der Waals surface area contributed by atoms with Crippen molar-refractivity contribution in [3.63, 3.8) is 0 Å². The van der Waals surface area contributed by atoms with Gasteiger partial charge in [0.25, 0.3) is 0 Å². The van der Waals surface area contributed by atoms with Gasteiger partial charge in [0.2, 0.25) is 0 Å². The van der Waals surface area contributed by atoms with Gasteiger partial charge in [-0.2, -0.15) is 0 Å². The van der Waals surface area contributed by atoms with E-state index in [-0.39, 0.29) is 37.6 Å².